The average Bonchev–Trinajstić information content (AvgIpc) is 2.40. The van der Waals surface area contributed by atoms with Crippen LogP contribution in [0, 0.1) is 0 Å². The first-order valence-electron chi connectivity index (χ1n) is 8.42. The zero-order valence-electron chi connectivity index (χ0n) is 14.1. The van der Waals surface area contributed by atoms with E-state index < -0.39 is 4.75 Å². The van der Waals surface area contributed by atoms with Gasteiger partial charge in [0.25, 0.3) is 0 Å². The zero-order chi connectivity index (χ0) is 16.1. The van der Waals surface area contributed by atoms with Crippen LogP contribution in [0.3, 0.4) is 0 Å². The van der Waals surface area contributed by atoms with Crippen molar-refractivity contribution in [1.82, 2.24) is 0 Å². The van der Waals surface area contributed by atoms with Gasteiger partial charge in [0.1, 0.15) is 0 Å². The van der Waals surface area contributed by atoms with Crippen molar-refractivity contribution >= 4 is 34.1 Å². The highest BCUT2D eigenvalue weighted by atomic mass is 32.2. The van der Waals surface area contributed by atoms with Gasteiger partial charge in [0, 0.05) is 4.20 Å². The van der Waals surface area contributed by atoms with E-state index in [1.807, 2.05) is 13.8 Å². The fourth-order valence-corrected chi connectivity index (χ4v) is 3.83. The van der Waals surface area contributed by atoms with E-state index in [9.17, 15) is 4.79 Å². The normalized spacial score (nSPS) is 11.6. The van der Waals surface area contributed by atoms with Gasteiger partial charge in [-0.2, -0.15) is 0 Å². The van der Waals surface area contributed by atoms with E-state index in [4.69, 9.17) is 18.0 Å². The summed E-state index contributed by atoms with van der Waals surface area (Å²) in [7, 11) is 0. The van der Waals surface area contributed by atoms with Gasteiger partial charge in [0.05, 0.1) is 4.75 Å². The molecule has 0 aromatic carbocycles. The van der Waals surface area contributed by atoms with Crippen molar-refractivity contribution in [2.45, 2.75) is 96.1 Å². The second kappa shape index (κ2) is 12.5. The first-order chi connectivity index (χ1) is 9.90. The molecule has 1 amide bonds. The Kier molecular flexibility index (Phi) is 12.4. The number of rotatable bonds is 13. The van der Waals surface area contributed by atoms with Crippen molar-refractivity contribution in [3.63, 3.8) is 0 Å². The lowest BCUT2D eigenvalue weighted by molar-refractivity contribution is -0.119. The molecule has 0 aromatic heterocycles. The number of nitrogens with two attached hydrogens (primary N) is 1. The first-order valence-corrected chi connectivity index (χ1v) is 9.64. The summed E-state index contributed by atoms with van der Waals surface area (Å²) in [5, 5.41) is 0. The van der Waals surface area contributed by atoms with Gasteiger partial charge in [-0.1, -0.05) is 76.9 Å². The fourth-order valence-electron chi connectivity index (χ4n) is 2.14. The fraction of sp³-hybridized carbons (Fsp3) is 0.882. The van der Waals surface area contributed by atoms with Crippen LogP contribution in [0.1, 0.15) is 91.4 Å². The summed E-state index contributed by atoms with van der Waals surface area (Å²) in [6.07, 6.45) is 14.2. The van der Waals surface area contributed by atoms with Crippen LogP contribution < -0.4 is 5.73 Å². The van der Waals surface area contributed by atoms with E-state index in [1.54, 1.807) is 0 Å². The quantitative estimate of drug-likeness (QED) is 0.352. The molecule has 0 bridgehead atoms. The van der Waals surface area contributed by atoms with Crippen molar-refractivity contribution in [2.24, 2.45) is 5.73 Å². The summed E-state index contributed by atoms with van der Waals surface area (Å²) >= 11 is 6.78. The van der Waals surface area contributed by atoms with Crippen LogP contribution in [0.5, 0.6) is 0 Å². The van der Waals surface area contributed by atoms with E-state index >= 15 is 0 Å². The maximum Gasteiger partial charge on any atom is 0.233 e. The molecule has 0 rings (SSSR count). The maximum atomic E-state index is 11.2. The van der Waals surface area contributed by atoms with Gasteiger partial charge in [-0.15, -0.1) is 11.8 Å². The SMILES string of the molecule is CCCCCCCCCCCCC(=S)SC(C)(C)C(N)=O. The van der Waals surface area contributed by atoms with Crippen LogP contribution in [0.15, 0.2) is 0 Å². The Bertz CT molecular complexity index is 303. The zero-order valence-corrected chi connectivity index (χ0v) is 15.7. The Hall–Kier alpha value is -0.0900. The Morgan fingerprint density at radius 1 is 0.952 bits per heavy atom. The van der Waals surface area contributed by atoms with Gasteiger partial charge in [-0.05, 0) is 26.7 Å². The summed E-state index contributed by atoms with van der Waals surface area (Å²) in [6.45, 7) is 5.93. The second-order valence-electron chi connectivity index (χ2n) is 6.28. The number of hydrogen-bond acceptors (Lipinski definition) is 3. The minimum absolute atomic E-state index is 0.294. The molecule has 0 atom stereocenters. The molecule has 4 heteroatoms. The summed E-state index contributed by atoms with van der Waals surface area (Å²) in [4.78, 5) is 11.2. The first kappa shape index (κ1) is 20.9. The van der Waals surface area contributed by atoms with Crippen molar-refractivity contribution in [3.8, 4) is 0 Å². The lowest BCUT2D eigenvalue weighted by atomic mass is 10.1. The third-order valence-corrected chi connectivity index (χ3v) is 5.29. The monoisotopic (exact) mass is 331 g/mol. The smallest absolute Gasteiger partial charge is 0.233 e. The molecular formula is C17H33NOS2. The molecule has 0 spiro atoms. The van der Waals surface area contributed by atoms with Crippen molar-refractivity contribution in [1.29, 1.82) is 0 Å². The average molecular weight is 332 g/mol. The Morgan fingerprint density at radius 2 is 1.38 bits per heavy atom. The van der Waals surface area contributed by atoms with E-state index in [1.165, 1.54) is 69.5 Å². The molecule has 0 aliphatic heterocycles. The molecule has 0 aromatic rings. The van der Waals surface area contributed by atoms with Gasteiger partial charge < -0.3 is 5.73 Å². The number of primary amides is 1. The molecule has 0 radical (unpaired) electrons. The third kappa shape index (κ3) is 12.2. The van der Waals surface area contributed by atoms with Crippen LogP contribution in [0.4, 0.5) is 0 Å². The number of hydrogen-bond donors (Lipinski definition) is 1. The van der Waals surface area contributed by atoms with Crippen LogP contribution in [-0.2, 0) is 4.79 Å². The number of unbranched alkanes of at least 4 members (excludes halogenated alkanes) is 9. The van der Waals surface area contributed by atoms with Gasteiger partial charge in [0.2, 0.25) is 5.91 Å². The van der Waals surface area contributed by atoms with Crippen molar-refractivity contribution < 1.29 is 4.79 Å². The van der Waals surface area contributed by atoms with Gasteiger partial charge in [0.15, 0.2) is 0 Å². The van der Waals surface area contributed by atoms with Crippen LogP contribution in [-0.4, -0.2) is 14.9 Å². The second-order valence-corrected chi connectivity index (χ2v) is 8.75. The molecule has 124 valence electrons. The number of carbonyl (C=O) groups is 1. The molecule has 0 heterocycles. The lowest BCUT2D eigenvalue weighted by Gasteiger charge is -2.19. The maximum absolute atomic E-state index is 11.2. The predicted octanol–water partition coefficient (Wildman–Crippen LogP) is 5.62. The van der Waals surface area contributed by atoms with E-state index in [0.717, 1.165) is 17.0 Å². The molecule has 21 heavy (non-hydrogen) atoms. The summed E-state index contributed by atoms with van der Waals surface area (Å²) in [6, 6.07) is 0. The molecule has 0 fully saturated rings. The predicted molar refractivity (Wildman–Crippen MR) is 99.9 cm³/mol. The lowest BCUT2D eigenvalue weighted by Crippen LogP contribution is -2.35. The van der Waals surface area contributed by atoms with E-state index in [-0.39, 0.29) is 5.91 Å². The molecule has 0 saturated carbocycles. The summed E-state index contributed by atoms with van der Waals surface area (Å²) in [5.74, 6) is -0.294. The van der Waals surface area contributed by atoms with Crippen molar-refractivity contribution in [2.75, 3.05) is 0 Å². The highest BCUT2D eigenvalue weighted by Gasteiger charge is 2.27. The highest BCUT2D eigenvalue weighted by molar-refractivity contribution is 8.24. The summed E-state index contributed by atoms with van der Waals surface area (Å²) in [5.41, 5.74) is 5.35. The van der Waals surface area contributed by atoms with Crippen LogP contribution in [0.2, 0.25) is 0 Å². The molecule has 0 saturated heterocycles. The number of thioether (sulfide) groups is 1. The van der Waals surface area contributed by atoms with Crippen LogP contribution >= 0.6 is 24.0 Å². The topological polar surface area (TPSA) is 43.1 Å². The standard InChI is InChI=1S/C17H33NOS2/c1-4-5-6-7-8-9-10-11-12-13-14-15(20)21-17(2,3)16(18)19/h4-14H2,1-3H3,(H2,18,19). The minimum Gasteiger partial charge on any atom is -0.368 e. The van der Waals surface area contributed by atoms with E-state index in [2.05, 4.69) is 6.92 Å². The van der Waals surface area contributed by atoms with E-state index in [0.29, 0.717) is 0 Å². The number of amides is 1. The molecule has 0 aliphatic carbocycles. The number of carbonyl (C=O) groups excluding carboxylic acids is 1. The Morgan fingerprint density at radius 3 is 1.81 bits per heavy atom. The highest BCUT2D eigenvalue weighted by Crippen LogP contribution is 2.27. The van der Waals surface area contributed by atoms with Crippen LogP contribution in [0.25, 0.3) is 0 Å². The molecule has 2 nitrogen and oxygen atoms in total. The molecule has 0 aliphatic rings. The summed E-state index contributed by atoms with van der Waals surface area (Å²) < 4.78 is 0.341. The Labute approximate surface area is 141 Å². The van der Waals surface area contributed by atoms with Gasteiger partial charge >= 0.3 is 0 Å². The van der Waals surface area contributed by atoms with Gasteiger partial charge in [-0.3, -0.25) is 4.79 Å². The largest absolute Gasteiger partial charge is 0.368 e. The number of thiocarbonyl (C=S) groups is 1. The minimum atomic E-state index is -0.574. The molecule has 0 unspecified atom stereocenters. The van der Waals surface area contributed by atoms with Gasteiger partial charge in [-0.25, -0.2) is 0 Å². The molecular weight excluding hydrogens is 298 g/mol. The van der Waals surface area contributed by atoms with Crippen molar-refractivity contribution in [3.05, 3.63) is 0 Å². The molecule has 2 N–H and O–H groups in total. The third-order valence-electron chi connectivity index (χ3n) is 3.70. The Balaban J connectivity index is 3.43.